The summed E-state index contributed by atoms with van der Waals surface area (Å²) in [6, 6.07) is 3.44. The molecule has 31 nitrogen and oxygen atoms in total. The molecular formula is C61H82N18O13. The number of nitrogens with one attached hydrogen (secondary N) is 12. The van der Waals surface area contributed by atoms with E-state index in [1.807, 2.05) is 18.2 Å². The number of ketones is 1. The molecule has 5 aromatic rings. The van der Waals surface area contributed by atoms with Crippen LogP contribution in [0.25, 0.3) is 10.9 Å². The van der Waals surface area contributed by atoms with Gasteiger partial charge in [0.25, 0.3) is 0 Å². The predicted molar refractivity (Wildman–Crippen MR) is 331 cm³/mol. The number of nitrogens with zero attached hydrogens (tertiary/aromatic N) is 3. The van der Waals surface area contributed by atoms with Crippen molar-refractivity contribution in [2.75, 3.05) is 32.7 Å². The molecule has 0 aliphatic carbocycles. The number of para-hydroxylation sites is 1. The quantitative estimate of drug-likeness (QED) is 0.0139. The number of carbonyl (C=O) groups excluding carboxylic acids is 11. The molecule has 10 amide bonds. The van der Waals surface area contributed by atoms with Crippen molar-refractivity contribution in [1.29, 1.82) is 0 Å². The van der Waals surface area contributed by atoms with Crippen LogP contribution in [0.15, 0.2) is 85.8 Å². The van der Waals surface area contributed by atoms with Crippen LogP contribution in [-0.2, 0) is 83.2 Å². The fourth-order valence-corrected chi connectivity index (χ4v) is 11.0. The van der Waals surface area contributed by atoms with Gasteiger partial charge in [0.1, 0.15) is 54.4 Å². The predicted octanol–water partition coefficient (Wildman–Crippen LogP) is -3.08. The fourth-order valence-electron chi connectivity index (χ4n) is 11.0. The van der Waals surface area contributed by atoms with Crippen LogP contribution in [-0.4, -0.2) is 193 Å². The minimum Gasteiger partial charge on any atom is -0.481 e. The van der Waals surface area contributed by atoms with E-state index in [4.69, 9.17) is 17.2 Å². The Balaban J connectivity index is 1.13. The van der Waals surface area contributed by atoms with E-state index in [2.05, 4.69) is 72.8 Å². The number of imidazole rings is 2. The maximum Gasteiger partial charge on any atom is 0.303 e. The average Bonchev–Trinajstić information content (AvgIpc) is 1.84. The summed E-state index contributed by atoms with van der Waals surface area (Å²) in [7, 11) is 0. The third-order valence-corrected chi connectivity index (χ3v) is 15.9. The third-order valence-electron chi connectivity index (χ3n) is 15.9. The van der Waals surface area contributed by atoms with E-state index < -0.39 is 139 Å². The maximum atomic E-state index is 14.9. The van der Waals surface area contributed by atoms with E-state index in [-0.39, 0.29) is 89.7 Å². The van der Waals surface area contributed by atoms with Crippen LogP contribution in [0, 0.1) is 0 Å². The molecule has 0 bridgehead atoms. The number of carbonyl (C=O) groups is 12. The number of likely N-dealkylation sites (tertiary alicyclic amines) is 1. The Hall–Kier alpha value is -9.88. The molecule has 494 valence electrons. The average molecular weight is 1280 g/mol. The minimum atomic E-state index is -1.68. The van der Waals surface area contributed by atoms with Crippen molar-refractivity contribution >= 4 is 81.7 Å². The number of aliphatic carboxylic acids is 1. The number of aromatic nitrogens is 5. The lowest BCUT2D eigenvalue weighted by Gasteiger charge is -2.30. The van der Waals surface area contributed by atoms with Gasteiger partial charge in [-0.1, -0.05) is 48.5 Å². The Bertz CT molecular complexity index is 3340. The molecule has 7 rings (SSSR count). The van der Waals surface area contributed by atoms with Crippen LogP contribution < -0.4 is 65.1 Å². The Kier molecular flexibility index (Phi) is 26.4. The van der Waals surface area contributed by atoms with Crippen molar-refractivity contribution in [2.24, 2.45) is 17.2 Å². The SMILES string of the molecule is NCCCC[C@H](NC(=O)[C@H](Cc1c[nH]c2ccccc12)NC(=O)[C@H](Cc1cnc[nH]1)NC(=O)[C@@H]1NCCC1=O)C(=O)N[C@@H](Cc1cnc[nH]1)C(=O)N[C@@H](CCC(=O)O)C(=O)N[C@@H](Cc1ccccc1)C(=O)N[C@@H](CCCCN)C(=O)N1CCC[C@@H]1C(=O)NCC(N)=O. The number of carboxylic acids is 1. The highest BCUT2D eigenvalue weighted by Crippen LogP contribution is 2.22. The second-order valence-corrected chi connectivity index (χ2v) is 22.7. The van der Waals surface area contributed by atoms with Crippen molar-refractivity contribution in [2.45, 2.75) is 151 Å². The molecule has 5 heterocycles. The van der Waals surface area contributed by atoms with Crippen molar-refractivity contribution in [3.8, 4) is 0 Å². The zero-order valence-corrected chi connectivity index (χ0v) is 50.8. The van der Waals surface area contributed by atoms with Gasteiger partial charge in [-0.25, -0.2) is 9.97 Å². The number of hydrogen-bond acceptors (Lipinski definition) is 17. The van der Waals surface area contributed by atoms with Gasteiger partial charge in [-0.15, -0.1) is 0 Å². The van der Waals surface area contributed by atoms with E-state index in [0.717, 1.165) is 10.9 Å². The number of amides is 10. The zero-order chi connectivity index (χ0) is 66.1. The van der Waals surface area contributed by atoms with E-state index >= 15 is 0 Å². The summed E-state index contributed by atoms with van der Waals surface area (Å²) in [6.45, 7) is 0.441. The van der Waals surface area contributed by atoms with Gasteiger partial charge in [0.15, 0.2) is 5.78 Å². The van der Waals surface area contributed by atoms with Crippen LogP contribution >= 0.6 is 0 Å². The van der Waals surface area contributed by atoms with Crippen molar-refractivity contribution in [3.05, 3.63) is 108 Å². The summed E-state index contributed by atoms with van der Waals surface area (Å²) in [4.78, 5) is 184. The standard InChI is InChI=1S/C61H82N18O13/c62-21-8-6-15-41(72-56(87)45(26-36-29-68-40-14-5-4-13-39(36)40)76-58(89)47(28-38-31-66-34-71-38)78-60(91)52-49(80)20-23-67-52)53(84)77-46(27-37-30-65-33-70-37)57(88)73-42(18-19-51(82)83)54(85)75-44(25-35-11-2-1-3-12-35)55(86)74-43(16-7-9-22-63)61(92)79-24-10-17-48(79)59(90)69-32-50(64)81/h1-5,11-14,29-31,33-34,41-48,52,67-68H,6-10,15-28,32,62-63H2,(H2,64,81)(H,65,70)(H,66,71)(H,69,90)(H,72,87)(H,73,88)(H,74,86)(H,75,85)(H,76,89)(H,77,84)(H,78,91)(H,82,83)/t41-,42-,43-,44-,45-,46-,47-,48+,52+/m0/s1. The van der Waals surface area contributed by atoms with Crippen molar-refractivity contribution in [1.82, 2.24) is 77.7 Å². The lowest BCUT2D eigenvalue weighted by Crippen LogP contribution is -2.61. The van der Waals surface area contributed by atoms with Crippen LogP contribution in [0.5, 0.6) is 0 Å². The van der Waals surface area contributed by atoms with E-state index in [9.17, 15) is 62.6 Å². The summed E-state index contributed by atoms with van der Waals surface area (Å²) in [5, 5.41) is 34.8. The number of carboxylic acid groups (broad SMARTS) is 1. The molecule has 9 atom stereocenters. The Labute approximate surface area is 529 Å². The molecule has 19 N–H and O–H groups in total. The van der Waals surface area contributed by atoms with Crippen LogP contribution in [0.1, 0.15) is 93.1 Å². The lowest BCUT2D eigenvalue weighted by molar-refractivity contribution is -0.142. The largest absolute Gasteiger partial charge is 0.481 e. The summed E-state index contributed by atoms with van der Waals surface area (Å²) in [6.07, 6.45) is 7.69. The molecule has 2 fully saturated rings. The number of aromatic amines is 3. The topological polar surface area (TPSA) is 488 Å². The summed E-state index contributed by atoms with van der Waals surface area (Å²) in [5.74, 6) is -9.85. The lowest BCUT2D eigenvalue weighted by atomic mass is 10.0. The van der Waals surface area contributed by atoms with Crippen molar-refractivity contribution in [3.63, 3.8) is 0 Å². The van der Waals surface area contributed by atoms with Gasteiger partial charge in [0.05, 0.1) is 19.2 Å². The molecular weight excluding hydrogens is 1190 g/mol. The highest BCUT2D eigenvalue weighted by molar-refractivity contribution is 6.08. The number of primary amides is 1. The Morgan fingerprint density at radius 2 is 1.12 bits per heavy atom. The number of Topliss-reactive ketones (excluding diaryl/α,β-unsaturated/α-hetero) is 1. The van der Waals surface area contributed by atoms with Gasteiger partial charge in [-0.3, -0.25) is 62.9 Å². The number of unbranched alkanes of at least 4 members (excludes halogenated alkanes) is 2. The van der Waals surface area contributed by atoms with Gasteiger partial charge in [-0.2, -0.15) is 0 Å². The molecule has 2 aliphatic heterocycles. The highest BCUT2D eigenvalue weighted by Gasteiger charge is 2.40. The summed E-state index contributed by atoms with van der Waals surface area (Å²) in [5.41, 5.74) is 19.6. The smallest absolute Gasteiger partial charge is 0.303 e. The normalized spacial score (nSPS) is 16.8. The van der Waals surface area contributed by atoms with E-state index in [1.165, 1.54) is 29.9 Å². The number of fused-ring (bicyclic) bond motifs is 1. The highest BCUT2D eigenvalue weighted by atomic mass is 16.4. The first-order chi connectivity index (χ1) is 44.3. The fraction of sp³-hybridized carbons (Fsp3) is 0.475. The number of benzene rings is 2. The Morgan fingerprint density at radius 1 is 0.598 bits per heavy atom. The van der Waals surface area contributed by atoms with Gasteiger partial charge in [0, 0.05) is 92.5 Å². The van der Waals surface area contributed by atoms with Crippen LogP contribution in [0.3, 0.4) is 0 Å². The second-order valence-electron chi connectivity index (χ2n) is 22.7. The maximum absolute atomic E-state index is 14.9. The van der Waals surface area contributed by atoms with E-state index in [0.29, 0.717) is 48.2 Å². The van der Waals surface area contributed by atoms with Gasteiger partial charge in [0.2, 0.25) is 59.1 Å². The molecule has 2 saturated heterocycles. The van der Waals surface area contributed by atoms with Gasteiger partial charge < -0.3 is 84.7 Å². The van der Waals surface area contributed by atoms with E-state index in [1.54, 1.807) is 42.6 Å². The first-order valence-corrected chi connectivity index (χ1v) is 30.7. The third kappa shape index (κ3) is 20.6. The molecule has 2 aliphatic rings. The van der Waals surface area contributed by atoms with Gasteiger partial charge in [-0.05, 0) is 88.1 Å². The van der Waals surface area contributed by atoms with Gasteiger partial charge >= 0.3 is 5.97 Å². The summed E-state index contributed by atoms with van der Waals surface area (Å²) >= 11 is 0. The number of rotatable bonds is 37. The molecule has 0 unspecified atom stereocenters. The molecule has 3 aromatic heterocycles. The molecule has 0 saturated carbocycles. The molecule has 31 heteroatoms. The zero-order valence-electron chi connectivity index (χ0n) is 50.8. The van der Waals surface area contributed by atoms with Crippen LogP contribution in [0.4, 0.5) is 0 Å². The van der Waals surface area contributed by atoms with Crippen molar-refractivity contribution < 1.29 is 62.6 Å². The van der Waals surface area contributed by atoms with Crippen LogP contribution in [0.2, 0.25) is 0 Å². The molecule has 2 aromatic carbocycles. The number of nitrogens with two attached hydrogens (primary N) is 3. The number of H-pyrrole nitrogens is 3. The second kappa shape index (κ2) is 34.9. The first kappa shape index (κ1) is 69.6. The molecule has 92 heavy (non-hydrogen) atoms. The monoisotopic (exact) mass is 1270 g/mol. The molecule has 0 spiro atoms. The summed E-state index contributed by atoms with van der Waals surface area (Å²) < 4.78 is 0. The number of hydrogen-bond donors (Lipinski definition) is 16. The Morgan fingerprint density at radius 3 is 1.67 bits per heavy atom. The molecule has 0 radical (unpaired) electrons. The minimum absolute atomic E-state index is 0.0409. The first-order valence-electron chi connectivity index (χ1n) is 30.7.